The molecule has 2 bridgehead atoms. The van der Waals surface area contributed by atoms with Crippen molar-refractivity contribution in [2.24, 2.45) is 5.41 Å². The lowest BCUT2D eigenvalue weighted by Gasteiger charge is -2.33. The molecular formula is C9H12N2O2. The van der Waals surface area contributed by atoms with Crippen LogP contribution in [0, 0.1) is 5.41 Å². The molecule has 1 spiro atoms. The smallest absolute Gasteiger partial charge is 0.318 e. The van der Waals surface area contributed by atoms with Crippen molar-refractivity contribution in [1.82, 2.24) is 10.2 Å². The number of aldehydes is 1. The summed E-state index contributed by atoms with van der Waals surface area (Å²) in [5.74, 6) is 0. The highest BCUT2D eigenvalue weighted by Gasteiger charge is 2.59. The summed E-state index contributed by atoms with van der Waals surface area (Å²) in [5, 5.41) is 2.96. The number of nitrogens with one attached hydrogen (secondary N) is 1. The lowest BCUT2D eigenvalue weighted by atomic mass is 9.86. The molecule has 0 aromatic heterocycles. The first-order valence-electron chi connectivity index (χ1n) is 4.78. The van der Waals surface area contributed by atoms with Gasteiger partial charge in [0.05, 0.1) is 12.1 Å². The molecular weight excluding hydrogens is 168 g/mol. The Labute approximate surface area is 76.3 Å². The van der Waals surface area contributed by atoms with Crippen LogP contribution in [0.5, 0.6) is 0 Å². The van der Waals surface area contributed by atoms with Crippen molar-refractivity contribution in [2.45, 2.75) is 31.3 Å². The second kappa shape index (κ2) is 2.05. The maximum Gasteiger partial charge on any atom is 0.318 e. The van der Waals surface area contributed by atoms with E-state index in [2.05, 4.69) is 5.32 Å². The van der Waals surface area contributed by atoms with E-state index in [1.165, 1.54) is 12.8 Å². The average Bonchev–Trinajstić information content (AvgIpc) is 2.82. The third-order valence-electron chi connectivity index (χ3n) is 3.74. The highest BCUT2D eigenvalue weighted by molar-refractivity contribution is 5.82. The molecule has 4 heteroatoms. The molecule has 13 heavy (non-hydrogen) atoms. The zero-order valence-corrected chi connectivity index (χ0v) is 7.32. The van der Waals surface area contributed by atoms with Crippen molar-refractivity contribution < 1.29 is 9.59 Å². The first kappa shape index (κ1) is 7.35. The van der Waals surface area contributed by atoms with Crippen molar-refractivity contribution in [3.05, 3.63) is 0 Å². The molecule has 2 saturated heterocycles. The number of piperidine rings is 1. The minimum atomic E-state index is -0.166. The standard InChI is InChI=1S/C9H12N2O2/c12-5-6-3-9(1-2-9)7-4-11(6)8(13)10-7/h5-7H,1-4H2,(H,10,13). The zero-order valence-electron chi connectivity index (χ0n) is 7.32. The van der Waals surface area contributed by atoms with E-state index in [1.54, 1.807) is 4.90 Å². The Morgan fingerprint density at radius 1 is 1.54 bits per heavy atom. The molecule has 1 N–H and O–H groups in total. The lowest BCUT2D eigenvalue weighted by Crippen LogP contribution is -2.46. The number of rotatable bonds is 1. The number of fused-ring (bicyclic) bond motifs is 3. The average molecular weight is 180 g/mol. The summed E-state index contributed by atoms with van der Waals surface area (Å²) in [6.07, 6.45) is 4.15. The fourth-order valence-electron chi connectivity index (χ4n) is 2.69. The topological polar surface area (TPSA) is 49.4 Å². The van der Waals surface area contributed by atoms with E-state index in [-0.39, 0.29) is 17.5 Å². The Balaban J connectivity index is 1.94. The van der Waals surface area contributed by atoms with E-state index < -0.39 is 0 Å². The summed E-state index contributed by atoms with van der Waals surface area (Å²) < 4.78 is 0. The maximum atomic E-state index is 11.4. The van der Waals surface area contributed by atoms with Crippen LogP contribution in [0.3, 0.4) is 0 Å². The Bertz CT molecular complexity index is 285. The number of carbonyl (C=O) groups excluding carboxylic acids is 2. The Kier molecular flexibility index (Phi) is 1.16. The van der Waals surface area contributed by atoms with Crippen molar-refractivity contribution in [1.29, 1.82) is 0 Å². The monoisotopic (exact) mass is 180 g/mol. The third kappa shape index (κ3) is 0.806. The maximum absolute atomic E-state index is 11.4. The second-order valence-corrected chi connectivity index (χ2v) is 4.42. The molecule has 0 radical (unpaired) electrons. The van der Waals surface area contributed by atoms with Gasteiger partial charge >= 0.3 is 6.03 Å². The van der Waals surface area contributed by atoms with E-state index in [9.17, 15) is 9.59 Å². The fraction of sp³-hybridized carbons (Fsp3) is 0.778. The van der Waals surface area contributed by atoms with Gasteiger partial charge in [-0.15, -0.1) is 0 Å². The van der Waals surface area contributed by atoms with Crippen LogP contribution in [0.1, 0.15) is 19.3 Å². The number of hydrogen-bond donors (Lipinski definition) is 1. The van der Waals surface area contributed by atoms with E-state index in [0.717, 1.165) is 19.3 Å². The van der Waals surface area contributed by atoms with Crippen molar-refractivity contribution >= 4 is 12.3 Å². The van der Waals surface area contributed by atoms with Gasteiger partial charge in [-0.3, -0.25) is 0 Å². The molecule has 4 nitrogen and oxygen atoms in total. The van der Waals surface area contributed by atoms with Gasteiger partial charge in [0, 0.05) is 6.54 Å². The van der Waals surface area contributed by atoms with Crippen molar-refractivity contribution in [3.8, 4) is 0 Å². The summed E-state index contributed by atoms with van der Waals surface area (Å²) >= 11 is 0. The molecule has 2 unspecified atom stereocenters. The minimum Gasteiger partial charge on any atom is -0.333 e. The van der Waals surface area contributed by atoms with Crippen LogP contribution in [0.15, 0.2) is 0 Å². The molecule has 2 aliphatic heterocycles. The Morgan fingerprint density at radius 2 is 2.31 bits per heavy atom. The van der Waals surface area contributed by atoms with Gasteiger partial charge in [0.25, 0.3) is 0 Å². The van der Waals surface area contributed by atoms with Crippen LogP contribution in [0.2, 0.25) is 0 Å². The molecule has 2 amide bonds. The summed E-state index contributed by atoms with van der Waals surface area (Å²) in [7, 11) is 0. The molecule has 2 heterocycles. The highest BCUT2D eigenvalue weighted by atomic mass is 16.2. The fourth-order valence-corrected chi connectivity index (χ4v) is 2.69. The van der Waals surface area contributed by atoms with Gasteiger partial charge in [-0.2, -0.15) is 0 Å². The van der Waals surface area contributed by atoms with Gasteiger partial charge in [-0.1, -0.05) is 0 Å². The Morgan fingerprint density at radius 3 is 2.92 bits per heavy atom. The summed E-state index contributed by atoms with van der Waals surface area (Å²) in [4.78, 5) is 23.9. The van der Waals surface area contributed by atoms with Gasteiger partial charge < -0.3 is 15.0 Å². The highest BCUT2D eigenvalue weighted by Crippen LogP contribution is 2.56. The molecule has 1 aliphatic carbocycles. The van der Waals surface area contributed by atoms with Crippen LogP contribution in [-0.2, 0) is 4.79 Å². The van der Waals surface area contributed by atoms with Gasteiger partial charge in [0.1, 0.15) is 6.29 Å². The van der Waals surface area contributed by atoms with Crippen molar-refractivity contribution in [2.75, 3.05) is 6.54 Å². The quantitative estimate of drug-likeness (QED) is 0.583. The summed E-state index contributed by atoms with van der Waals surface area (Å²) in [6.45, 7) is 0.738. The van der Waals surface area contributed by atoms with Crippen LogP contribution in [-0.4, -0.2) is 35.8 Å². The van der Waals surface area contributed by atoms with Gasteiger partial charge in [-0.25, -0.2) is 4.79 Å². The second-order valence-electron chi connectivity index (χ2n) is 4.42. The van der Waals surface area contributed by atoms with Crippen LogP contribution in [0.25, 0.3) is 0 Å². The lowest BCUT2D eigenvalue weighted by molar-refractivity contribution is -0.112. The van der Waals surface area contributed by atoms with Gasteiger partial charge in [0.2, 0.25) is 0 Å². The first-order valence-corrected chi connectivity index (χ1v) is 4.78. The zero-order chi connectivity index (χ0) is 9.05. The largest absolute Gasteiger partial charge is 0.333 e. The molecule has 2 atom stereocenters. The van der Waals surface area contributed by atoms with Crippen LogP contribution in [0.4, 0.5) is 4.79 Å². The normalized spacial score (nSPS) is 39.1. The summed E-state index contributed by atoms with van der Waals surface area (Å²) in [5.41, 5.74) is 0.286. The van der Waals surface area contributed by atoms with Crippen LogP contribution < -0.4 is 5.32 Å². The molecule has 70 valence electrons. The van der Waals surface area contributed by atoms with Crippen LogP contribution >= 0.6 is 0 Å². The molecule has 0 aromatic rings. The van der Waals surface area contributed by atoms with E-state index >= 15 is 0 Å². The number of amides is 2. The molecule has 3 fully saturated rings. The van der Waals surface area contributed by atoms with Crippen molar-refractivity contribution in [3.63, 3.8) is 0 Å². The first-order chi connectivity index (χ1) is 6.25. The number of carbonyl (C=O) groups is 2. The molecule has 3 rings (SSSR count). The van der Waals surface area contributed by atoms with E-state index in [4.69, 9.17) is 0 Å². The van der Waals surface area contributed by atoms with Gasteiger partial charge in [-0.05, 0) is 24.7 Å². The molecule has 3 aliphatic rings. The number of hydrogen-bond acceptors (Lipinski definition) is 2. The summed E-state index contributed by atoms with van der Waals surface area (Å²) in [6, 6.07) is 0.100. The predicted octanol–water partition coefficient (Wildman–Crippen LogP) is 0.132. The molecule has 0 aromatic carbocycles. The van der Waals surface area contributed by atoms with Gasteiger partial charge in [0.15, 0.2) is 0 Å². The van der Waals surface area contributed by atoms with E-state index in [0.29, 0.717) is 6.04 Å². The number of urea groups is 1. The van der Waals surface area contributed by atoms with E-state index in [1.807, 2.05) is 0 Å². The number of nitrogens with zero attached hydrogens (tertiary/aromatic N) is 1. The Hall–Kier alpha value is -1.06. The molecule has 1 saturated carbocycles. The predicted molar refractivity (Wildman–Crippen MR) is 45.2 cm³/mol. The third-order valence-corrected chi connectivity index (χ3v) is 3.74. The minimum absolute atomic E-state index is 0.0501. The SMILES string of the molecule is O=CC1CC2(CC2)C2CN1C(=O)N2.